The number of carbonyl (C=O) groups excluding carboxylic acids is 1. The first-order valence-corrected chi connectivity index (χ1v) is 8.78. The lowest BCUT2D eigenvalue weighted by atomic mass is 9.89. The van der Waals surface area contributed by atoms with Crippen LogP contribution in [0.3, 0.4) is 0 Å². The SMILES string of the molecule is N#Cc1c(CC(=O)NCC2CCCCC2)nn(-c2ccccc2)c1N. The Kier molecular flexibility index (Phi) is 5.34. The summed E-state index contributed by atoms with van der Waals surface area (Å²) in [4.78, 5) is 12.3. The van der Waals surface area contributed by atoms with Gasteiger partial charge in [0.1, 0.15) is 17.5 Å². The minimum atomic E-state index is -0.111. The highest BCUT2D eigenvalue weighted by Gasteiger charge is 2.20. The fourth-order valence-corrected chi connectivity index (χ4v) is 3.35. The molecule has 1 aromatic carbocycles. The number of benzene rings is 1. The number of nitriles is 1. The maximum atomic E-state index is 12.3. The Hall–Kier alpha value is -2.81. The van der Waals surface area contributed by atoms with E-state index in [-0.39, 0.29) is 23.7 Å². The Morgan fingerprint density at radius 3 is 2.68 bits per heavy atom. The molecule has 3 rings (SSSR count). The molecule has 2 aromatic rings. The minimum absolute atomic E-state index is 0.0691. The second-order valence-electron chi connectivity index (χ2n) is 6.55. The summed E-state index contributed by atoms with van der Waals surface area (Å²) in [5, 5.41) is 16.8. The highest BCUT2D eigenvalue weighted by molar-refractivity contribution is 5.79. The van der Waals surface area contributed by atoms with E-state index in [0.717, 1.165) is 5.69 Å². The molecule has 1 aliphatic rings. The smallest absolute Gasteiger partial charge is 0.226 e. The van der Waals surface area contributed by atoms with Crippen molar-refractivity contribution in [1.29, 1.82) is 5.26 Å². The van der Waals surface area contributed by atoms with Crippen LogP contribution in [0.2, 0.25) is 0 Å². The maximum absolute atomic E-state index is 12.3. The van der Waals surface area contributed by atoms with Gasteiger partial charge in [-0.1, -0.05) is 37.5 Å². The van der Waals surface area contributed by atoms with Crippen molar-refractivity contribution in [3.05, 3.63) is 41.6 Å². The molecule has 0 spiro atoms. The quantitative estimate of drug-likeness (QED) is 0.876. The van der Waals surface area contributed by atoms with Gasteiger partial charge in [0.05, 0.1) is 17.8 Å². The Morgan fingerprint density at radius 2 is 2.00 bits per heavy atom. The number of anilines is 1. The van der Waals surface area contributed by atoms with Crippen LogP contribution < -0.4 is 11.1 Å². The average molecular weight is 337 g/mol. The number of para-hydroxylation sites is 1. The topological polar surface area (TPSA) is 96.7 Å². The van der Waals surface area contributed by atoms with Crippen molar-refractivity contribution in [1.82, 2.24) is 15.1 Å². The zero-order chi connectivity index (χ0) is 17.6. The molecule has 3 N–H and O–H groups in total. The predicted octanol–water partition coefficient (Wildman–Crippen LogP) is 2.57. The van der Waals surface area contributed by atoms with Gasteiger partial charge in [-0.05, 0) is 30.9 Å². The lowest BCUT2D eigenvalue weighted by Gasteiger charge is -2.21. The summed E-state index contributed by atoms with van der Waals surface area (Å²) >= 11 is 0. The number of nitrogens with zero attached hydrogens (tertiary/aromatic N) is 3. The van der Waals surface area contributed by atoms with Crippen molar-refractivity contribution in [2.75, 3.05) is 12.3 Å². The van der Waals surface area contributed by atoms with Gasteiger partial charge in [-0.3, -0.25) is 4.79 Å². The Balaban J connectivity index is 1.69. The molecule has 0 aliphatic heterocycles. The van der Waals surface area contributed by atoms with Crippen LogP contribution in [0.4, 0.5) is 5.82 Å². The van der Waals surface area contributed by atoms with E-state index in [9.17, 15) is 10.1 Å². The van der Waals surface area contributed by atoms with Crippen LogP contribution in [0.5, 0.6) is 0 Å². The van der Waals surface area contributed by atoms with Gasteiger partial charge in [0.15, 0.2) is 0 Å². The van der Waals surface area contributed by atoms with Crippen LogP contribution >= 0.6 is 0 Å². The molecule has 1 aromatic heterocycles. The molecule has 1 amide bonds. The Bertz CT molecular complexity index is 769. The summed E-state index contributed by atoms with van der Waals surface area (Å²) < 4.78 is 1.52. The van der Waals surface area contributed by atoms with Crippen molar-refractivity contribution < 1.29 is 4.79 Å². The summed E-state index contributed by atoms with van der Waals surface area (Å²) in [7, 11) is 0. The van der Waals surface area contributed by atoms with Crippen LogP contribution in [-0.2, 0) is 11.2 Å². The first-order valence-electron chi connectivity index (χ1n) is 8.78. The summed E-state index contributed by atoms with van der Waals surface area (Å²) in [6.45, 7) is 0.704. The van der Waals surface area contributed by atoms with Gasteiger partial charge in [0, 0.05) is 6.54 Å². The van der Waals surface area contributed by atoms with Crippen LogP contribution in [-0.4, -0.2) is 22.2 Å². The summed E-state index contributed by atoms with van der Waals surface area (Å²) in [5.41, 5.74) is 7.52. The van der Waals surface area contributed by atoms with E-state index in [4.69, 9.17) is 5.73 Å². The number of amides is 1. The van der Waals surface area contributed by atoms with Crippen molar-refractivity contribution in [3.63, 3.8) is 0 Å². The van der Waals surface area contributed by atoms with Crippen LogP contribution in [0.25, 0.3) is 5.69 Å². The van der Waals surface area contributed by atoms with E-state index in [1.807, 2.05) is 30.3 Å². The van der Waals surface area contributed by atoms with Crippen LogP contribution in [0.15, 0.2) is 30.3 Å². The summed E-state index contributed by atoms with van der Waals surface area (Å²) in [5.74, 6) is 0.726. The molecule has 0 radical (unpaired) electrons. The van der Waals surface area contributed by atoms with Crippen molar-refractivity contribution >= 4 is 11.7 Å². The predicted molar refractivity (Wildman–Crippen MR) is 96.0 cm³/mol. The molecule has 6 nitrogen and oxygen atoms in total. The van der Waals surface area contributed by atoms with Gasteiger partial charge in [-0.2, -0.15) is 10.4 Å². The summed E-state index contributed by atoms with van der Waals surface area (Å²) in [6.07, 6.45) is 6.22. The number of hydrogen-bond acceptors (Lipinski definition) is 4. The molecule has 130 valence electrons. The standard InChI is InChI=1S/C19H23N5O/c20-12-16-17(11-18(25)22-13-14-7-3-1-4-8-14)23-24(19(16)21)15-9-5-2-6-10-15/h2,5-6,9-10,14H,1,3-4,7-8,11,13,21H2,(H,22,25). The highest BCUT2D eigenvalue weighted by Crippen LogP contribution is 2.23. The molecule has 1 aliphatic carbocycles. The minimum Gasteiger partial charge on any atom is -0.382 e. The zero-order valence-corrected chi connectivity index (χ0v) is 14.2. The van der Waals surface area contributed by atoms with Gasteiger partial charge >= 0.3 is 0 Å². The monoisotopic (exact) mass is 337 g/mol. The third kappa shape index (κ3) is 4.00. The van der Waals surface area contributed by atoms with Crippen molar-refractivity contribution in [2.24, 2.45) is 5.92 Å². The number of nitrogen functional groups attached to an aromatic ring is 1. The lowest BCUT2D eigenvalue weighted by molar-refractivity contribution is -0.120. The molecule has 1 saturated carbocycles. The lowest BCUT2D eigenvalue weighted by Crippen LogP contribution is -2.31. The number of hydrogen-bond donors (Lipinski definition) is 2. The Morgan fingerprint density at radius 1 is 1.28 bits per heavy atom. The highest BCUT2D eigenvalue weighted by atomic mass is 16.1. The first-order chi connectivity index (χ1) is 12.2. The molecule has 0 saturated heterocycles. The fourth-order valence-electron chi connectivity index (χ4n) is 3.35. The van der Waals surface area contributed by atoms with Crippen molar-refractivity contribution in [2.45, 2.75) is 38.5 Å². The molecule has 25 heavy (non-hydrogen) atoms. The first kappa shape index (κ1) is 17.0. The van der Waals surface area contributed by atoms with Gasteiger partial charge in [0.2, 0.25) is 5.91 Å². The van der Waals surface area contributed by atoms with E-state index in [1.165, 1.54) is 36.8 Å². The largest absolute Gasteiger partial charge is 0.382 e. The van der Waals surface area contributed by atoms with E-state index < -0.39 is 0 Å². The number of rotatable bonds is 5. The van der Waals surface area contributed by atoms with E-state index >= 15 is 0 Å². The normalized spacial score (nSPS) is 14.8. The third-order valence-electron chi connectivity index (χ3n) is 4.75. The van der Waals surface area contributed by atoms with Gasteiger partial charge in [0.25, 0.3) is 0 Å². The Labute approximate surface area is 147 Å². The third-order valence-corrected chi connectivity index (χ3v) is 4.75. The van der Waals surface area contributed by atoms with E-state index in [1.54, 1.807) is 0 Å². The van der Waals surface area contributed by atoms with Crippen LogP contribution in [0, 0.1) is 17.2 Å². The number of carbonyl (C=O) groups is 1. The molecule has 0 bridgehead atoms. The van der Waals surface area contributed by atoms with Crippen molar-refractivity contribution in [3.8, 4) is 11.8 Å². The molecule has 0 atom stereocenters. The number of aromatic nitrogens is 2. The number of nitrogens with two attached hydrogens (primary N) is 1. The molecule has 1 fully saturated rings. The van der Waals surface area contributed by atoms with Gasteiger partial charge in [-0.15, -0.1) is 0 Å². The molecular formula is C19H23N5O. The molecule has 0 unspecified atom stereocenters. The zero-order valence-electron chi connectivity index (χ0n) is 14.2. The second-order valence-corrected chi connectivity index (χ2v) is 6.55. The molecule has 6 heteroatoms. The van der Waals surface area contributed by atoms with Gasteiger partial charge in [-0.25, -0.2) is 4.68 Å². The number of nitrogens with one attached hydrogen (secondary N) is 1. The van der Waals surface area contributed by atoms with Gasteiger partial charge < -0.3 is 11.1 Å². The fraction of sp³-hybridized carbons (Fsp3) is 0.421. The van der Waals surface area contributed by atoms with E-state index in [2.05, 4.69) is 16.5 Å². The molecular weight excluding hydrogens is 314 g/mol. The van der Waals surface area contributed by atoms with Crippen LogP contribution in [0.1, 0.15) is 43.4 Å². The summed E-state index contributed by atoms with van der Waals surface area (Å²) in [6, 6.07) is 11.4. The average Bonchev–Trinajstić information content (AvgIpc) is 2.97. The van der Waals surface area contributed by atoms with E-state index in [0.29, 0.717) is 18.2 Å². The second kappa shape index (κ2) is 7.84. The maximum Gasteiger partial charge on any atom is 0.226 e. The molecule has 1 heterocycles.